The smallest absolute Gasteiger partial charge is 0.407 e. The van der Waals surface area contributed by atoms with E-state index in [1.807, 2.05) is 30.3 Å². The second kappa shape index (κ2) is 11.9. The summed E-state index contributed by atoms with van der Waals surface area (Å²) >= 11 is 0. The molecule has 1 saturated heterocycles. The van der Waals surface area contributed by atoms with Gasteiger partial charge in [0.15, 0.2) is 15.6 Å². The third-order valence-corrected chi connectivity index (χ3v) is 7.94. The summed E-state index contributed by atoms with van der Waals surface area (Å²) in [6.45, 7) is 8.42. The number of ether oxygens (including phenoxy) is 4. The van der Waals surface area contributed by atoms with Gasteiger partial charge in [0.05, 0.1) is 30.8 Å². The van der Waals surface area contributed by atoms with Gasteiger partial charge in [-0.3, -0.25) is 0 Å². The first-order valence-electron chi connectivity index (χ1n) is 12.2. The minimum absolute atomic E-state index is 0.00345. The van der Waals surface area contributed by atoms with E-state index in [-0.39, 0.29) is 24.7 Å². The Hall–Kier alpha value is -2.50. The molecule has 37 heavy (non-hydrogen) atoms. The van der Waals surface area contributed by atoms with Crippen molar-refractivity contribution in [2.75, 3.05) is 13.2 Å². The predicted octanol–water partition coefficient (Wildman–Crippen LogP) is 3.45. The zero-order chi connectivity index (χ0) is 27.3. The summed E-state index contributed by atoms with van der Waals surface area (Å²) in [6, 6.07) is 15.9. The lowest BCUT2D eigenvalue weighted by atomic mass is 10.0. The van der Waals surface area contributed by atoms with Crippen LogP contribution in [-0.2, 0) is 35.4 Å². The second-order valence-electron chi connectivity index (χ2n) is 10.4. The van der Waals surface area contributed by atoms with E-state index in [0.29, 0.717) is 0 Å². The fourth-order valence-electron chi connectivity index (χ4n) is 4.06. The summed E-state index contributed by atoms with van der Waals surface area (Å²) in [6.07, 6.45) is -3.33. The SMILES string of the molecule is CC(C)(C)OC(=O)N[C@H](COCc1ccccc1)C(C(O)[C@@H]1COC(C)(C)O1)S(=O)(=O)c1ccccc1. The number of aliphatic hydroxyl groups is 1. The Morgan fingerprint density at radius 2 is 1.70 bits per heavy atom. The Morgan fingerprint density at radius 1 is 1.11 bits per heavy atom. The first-order valence-corrected chi connectivity index (χ1v) is 13.7. The molecule has 2 aromatic carbocycles. The Kier molecular flexibility index (Phi) is 9.36. The number of carbonyl (C=O) groups is 1. The maximum atomic E-state index is 13.9. The molecule has 1 heterocycles. The van der Waals surface area contributed by atoms with Gasteiger partial charge in [-0.1, -0.05) is 48.5 Å². The molecule has 1 amide bonds. The van der Waals surface area contributed by atoms with Crippen LogP contribution in [0.4, 0.5) is 4.79 Å². The second-order valence-corrected chi connectivity index (χ2v) is 12.5. The number of aliphatic hydroxyl groups excluding tert-OH is 1. The molecule has 0 radical (unpaired) electrons. The molecule has 2 N–H and O–H groups in total. The van der Waals surface area contributed by atoms with Crippen LogP contribution in [0.2, 0.25) is 0 Å². The van der Waals surface area contributed by atoms with Gasteiger partial charge < -0.3 is 29.4 Å². The summed E-state index contributed by atoms with van der Waals surface area (Å²) in [4.78, 5) is 12.8. The highest BCUT2D eigenvalue weighted by molar-refractivity contribution is 7.92. The van der Waals surface area contributed by atoms with E-state index in [0.717, 1.165) is 5.56 Å². The average Bonchev–Trinajstić information content (AvgIpc) is 3.18. The molecule has 2 aromatic rings. The quantitative estimate of drug-likeness (QED) is 0.475. The zero-order valence-corrected chi connectivity index (χ0v) is 22.7. The number of rotatable bonds is 10. The highest BCUT2D eigenvalue weighted by Crippen LogP contribution is 2.30. The van der Waals surface area contributed by atoms with Gasteiger partial charge in [-0.25, -0.2) is 13.2 Å². The first-order chi connectivity index (χ1) is 17.3. The van der Waals surface area contributed by atoms with E-state index in [1.54, 1.807) is 52.8 Å². The maximum absolute atomic E-state index is 13.9. The number of nitrogens with one attached hydrogen (secondary N) is 1. The molecule has 0 aromatic heterocycles. The average molecular weight is 536 g/mol. The third kappa shape index (κ3) is 8.24. The molecule has 0 bridgehead atoms. The van der Waals surface area contributed by atoms with E-state index >= 15 is 0 Å². The predicted molar refractivity (Wildman–Crippen MR) is 138 cm³/mol. The van der Waals surface area contributed by atoms with Gasteiger partial charge in [0.1, 0.15) is 23.1 Å². The molecule has 2 unspecified atom stereocenters. The molecule has 3 rings (SSSR count). The van der Waals surface area contributed by atoms with Gasteiger partial charge in [-0.2, -0.15) is 0 Å². The van der Waals surface area contributed by atoms with Crippen LogP contribution in [0, 0.1) is 0 Å². The van der Waals surface area contributed by atoms with Crippen molar-refractivity contribution in [2.24, 2.45) is 0 Å². The summed E-state index contributed by atoms with van der Waals surface area (Å²) in [5.74, 6) is -0.995. The van der Waals surface area contributed by atoms with Gasteiger partial charge in [-0.15, -0.1) is 0 Å². The number of carbonyl (C=O) groups excluding carboxylic acids is 1. The Balaban J connectivity index is 1.96. The van der Waals surface area contributed by atoms with E-state index < -0.39 is 50.8 Å². The van der Waals surface area contributed by atoms with Crippen molar-refractivity contribution >= 4 is 15.9 Å². The van der Waals surface area contributed by atoms with Crippen LogP contribution >= 0.6 is 0 Å². The molecular weight excluding hydrogens is 498 g/mol. The fourth-order valence-corrected chi connectivity index (χ4v) is 6.03. The Morgan fingerprint density at radius 3 is 2.24 bits per heavy atom. The number of hydrogen-bond donors (Lipinski definition) is 2. The maximum Gasteiger partial charge on any atom is 0.407 e. The van der Waals surface area contributed by atoms with Crippen molar-refractivity contribution in [1.29, 1.82) is 0 Å². The lowest BCUT2D eigenvalue weighted by Gasteiger charge is -2.34. The lowest BCUT2D eigenvalue weighted by molar-refractivity contribution is -0.151. The van der Waals surface area contributed by atoms with Gasteiger partial charge in [0.25, 0.3) is 0 Å². The largest absolute Gasteiger partial charge is 0.444 e. The van der Waals surface area contributed by atoms with E-state index in [2.05, 4.69) is 5.32 Å². The standard InChI is InChI=1S/C27H37NO8S/c1-26(2,3)36-25(30)28-21(17-33-16-19-12-8-6-9-13-19)24(23(29)22-18-34-27(4,5)35-22)37(31,32)20-14-10-7-11-15-20/h6-15,21-24,29H,16-18H2,1-5H3,(H,28,30)/t21-,22+,23?,24?/m1/s1. The highest BCUT2D eigenvalue weighted by atomic mass is 32.2. The fraction of sp³-hybridized carbons (Fsp3) is 0.519. The number of hydrogen-bond acceptors (Lipinski definition) is 8. The monoisotopic (exact) mass is 535 g/mol. The molecule has 0 saturated carbocycles. The van der Waals surface area contributed by atoms with Crippen molar-refractivity contribution in [1.82, 2.24) is 5.32 Å². The molecule has 204 valence electrons. The van der Waals surface area contributed by atoms with E-state index in [9.17, 15) is 18.3 Å². The third-order valence-electron chi connectivity index (χ3n) is 5.69. The molecule has 0 aliphatic carbocycles. The minimum Gasteiger partial charge on any atom is -0.444 e. The van der Waals surface area contributed by atoms with Gasteiger partial charge in [0.2, 0.25) is 0 Å². The molecule has 9 nitrogen and oxygen atoms in total. The molecule has 1 fully saturated rings. The van der Waals surface area contributed by atoms with Crippen LogP contribution in [0.15, 0.2) is 65.6 Å². The van der Waals surface area contributed by atoms with Crippen LogP contribution in [0.5, 0.6) is 0 Å². The molecular formula is C27H37NO8S. The van der Waals surface area contributed by atoms with Crippen LogP contribution in [0.1, 0.15) is 40.2 Å². The van der Waals surface area contributed by atoms with E-state index in [4.69, 9.17) is 18.9 Å². The number of alkyl carbamates (subject to hydrolysis) is 1. The molecule has 1 aliphatic heterocycles. The highest BCUT2D eigenvalue weighted by Gasteiger charge is 2.48. The Labute approximate surface area is 219 Å². The van der Waals surface area contributed by atoms with Gasteiger partial charge >= 0.3 is 6.09 Å². The lowest BCUT2D eigenvalue weighted by Crippen LogP contribution is -2.58. The summed E-state index contributed by atoms with van der Waals surface area (Å²) in [7, 11) is -4.19. The summed E-state index contributed by atoms with van der Waals surface area (Å²) in [5, 5.41) is 12.6. The van der Waals surface area contributed by atoms with Crippen LogP contribution in [0.3, 0.4) is 0 Å². The molecule has 4 atom stereocenters. The van der Waals surface area contributed by atoms with E-state index in [1.165, 1.54) is 12.1 Å². The Bertz CT molecular complexity index is 1120. The number of sulfone groups is 1. The van der Waals surface area contributed by atoms with Gasteiger partial charge in [-0.05, 0) is 52.3 Å². The van der Waals surface area contributed by atoms with Crippen molar-refractivity contribution < 1.29 is 37.3 Å². The molecule has 10 heteroatoms. The summed E-state index contributed by atoms with van der Waals surface area (Å²) < 4.78 is 50.5. The van der Waals surface area contributed by atoms with Crippen molar-refractivity contribution in [3.63, 3.8) is 0 Å². The first kappa shape index (κ1) is 29.1. The van der Waals surface area contributed by atoms with Crippen molar-refractivity contribution in [3.8, 4) is 0 Å². The van der Waals surface area contributed by atoms with Crippen LogP contribution in [-0.4, -0.2) is 67.7 Å². The normalized spacial score (nSPS) is 20.1. The minimum atomic E-state index is -4.19. The molecule has 1 aliphatic rings. The van der Waals surface area contributed by atoms with Crippen LogP contribution in [0.25, 0.3) is 0 Å². The summed E-state index contributed by atoms with van der Waals surface area (Å²) in [5.41, 5.74) is 0.0501. The topological polar surface area (TPSA) is 120 Å². The van der Waals surface area contributed by atoms with Crippen molar-refractivity contribution in [3.05, 3.63) is 66.2 Å². The van der Waals surface area contributed by atoms with Gasteiger partial charge in [0, 0.05) is 0 Å². The zero-order valence-electron chi connectivity index (χ0n) is 21.9. The number of amides is 1. The van der Waals surface area contributed by atoms with Crippen LogP contribution < -0.4 is 5.32 Å². The number of benzene rings is 2. The molecule has 0 spiro atoms. The van der Waals surface area contributed by atoms with Crippen molar-refractivity contribution in [2.45, 2.75) is 81.0 Å².